The number of sulfonamides is 1. The number of amides is 1. The summed E-state index contributed by atoms with van der Waals surface area (Å²) in [5.74, 6) is -0.504. The Morgan fingerprint density at radius 1 is 1.26 bits per heavy atom. The van der Waals surface area contributed by atoms with Crippen LogP contribution >= 0.6 is 11.6 Å². The van der Waals surface area contributed by atoms with Gasteiger partial charge < -0.3 is 10.2 Å². The van der Waals surface area contributed by atoms with Crippen molar-refractivity contribution in [3.8, 4) is 0 Å². The van der Waals surface area contributed by atoms with Crippen molar-refractivity contribution in [3.63, 3.8) is 0 Å². The van der Waals surface area contributed by atoms with Gasteiger partial charge >= 0.3 is 0 Å². The van der Waals surface area contributed by atoms with Crippen LogP contribution in [0.25, 0.3) is 0 Å². The maximum atomic E-state index is 12.3. The number of benzene rings is 1. The molecule has 0 radical (unpaired) electrons. The van der Waals surface area contributed by atoms with E-state index in [2.05, 4.69) is 10.2 Å². The molecule has 8 heteroatoms. The number of rotatable bonds is 5. The summed E-state index contributed by atoms with van der Waals surface area (Å²) in [7, 11) is -1.43. The first-order chi connectivity index (χ1) is 10.8. The molecule has 0 bridgehead atoms. The Morgan fingerprint density at radius 2 is 1.91 bits per heavy atom. The van der Waals surface area contributed by atoms with E-state index < -0.39 is 10.0 Å². The molecule has 6 nitrogen and oxygen atoms in total. The zero-order valence-electron chi connectivity index (χ0n) is 13.4. The van der Waals surface area contributed by atoms with Crippen molar-refractivity contribution in [2.24, 2.45) is 0 Å². The zero-order chi connectivity index (χ0) is 17.0. The van der Waals surface area contributed by atoms with E-state index in [-0.39, 0.29) is 18.1 Å². The monoisotopic (exact) mass is 359 g/mol. The summed E-state index contributed by atoms with van der Waals surface area (Å²) in [6.07, 6.45) is -0.0688. The maximum absolute atomic E-state index is 12.3. The number of carbonyl (C=O) groups excluding carboxylic acids is 1. The van der Waals surface area contributed by atoms with Crippen LogP contribution in [0, 0.1) is 6.92 Å². The molecule has 1 aromatic rings. The smallest absolute Gasteiger partial charge is 0.225 e. The van der Waals surface area contributed by atoms with Gasteiger partial charge in [0, 0.05) is 43.3 Å². The van der Waals surface area contributed by atoms with Gasteiger partial charge in [0.1, 0.15) is 0 Å². The number of nitrogens with zero attached hydrogens (tertiary/aromatic N) is 2. The number of likely N-dealkylation sites (N-methyl/N-ethyl adjacent to an activating group) is 1. The summed E-state index contributed by atoms with van der Waals surface area (Å²) in [5, 5.41) is 3.24. The fraction of sp³-hybridized carbons (Fsp3) is 0.533. The van der Waals surface area contributed by atoms with E-state index in [1.165, 1.54) is 4.31 Å². The van der Waals surface area contributed by atoms with Crippen LogP contribution in [-0.2, 0) is 14.8 Å². The van der Waals surface area contributed by atoms with E-state index in [0.29, 0.717) is 36.9 Å². The lowest BCUT2D eigenvalue weighted by Gasteiger charge is -2.31. The largest absolute Gasteiger partial charge is 0.326 e. The normalized spacial score (nSPS) is 17.2. The van der Waals surface area contributed by atoms with Gasteiger partial charge in [-0.2, -0.15) is 4.31 Å². The van der Waals surface area contributed by atoms with Gasteiger partial charge in [0.2, 0.25) is 15.9 Å². The molecule has 0 unspecified atom stereocenters. The molecule has 128 valence electrons. The van der Waals surface area contributed by atoms with Crippen LogP contribution in [0.3, 0.4) is 0 Å². The highest BCUT2D eigenvalue weighted by Gasteiger charge is 2.26. The Hall–Kier alpha value is -1.15. The molecule has 1 aliphatic heterocycles. The number of carbonyl (C=O) groups is 1. The average Bonchev–Trinajstić information content (AvgIpc) is 2.49. The van der Waals surface area contributed by atoms with Gasteiger partial charge in [-0.3, -0.25) is 4.79 Å². The number of aryl methyl sites for hydroxylation is 1. The van der Waals surface area contributed by atoms with Crippen LogP contribution in [0.5, 0.6) is 0 Å². The lowest BCUT2D eigenvalue weighted by atomic mass is 10.2. The highest BCUT2D eigenvalue weighted by atomic mass is 35.5. The summed E-state index contributed by atoms with van der Waals surface area (Å²) in [6, 6.07) is 5.20. The minimum Gasteiger partial charge on any atom is -0.326 e. The molecule has 2 rings (SSSR count). The number of hydrogen-bond acceptors (Lipinski definition) is 4. The average molecular weight is 360 g/mol. The van der Waals surface area contributed by atoms with Gasteiger partial charge in [0.15, 0.2) is 0 Å². The molecule has 1 amide bonds. The second-order valence-corrected chi connectivity index (χ2v) is 8.30. The molecule has 1 N–H and O–H groups in total. The quantitative estimate of drug-likeness (QED) is 0.866. The zero-order valence-corrected chi connectivity index (χ0v) is 15.0. The number of anilines is 1. The van der Waals surface area contributed by atoms with E-state index in [1.54, 1.807) is 18.2 Å². The Bertz CT molecular complexity index is 671. The predicted octanol–water partition coefficient (Wildman–Crippen LogP) is 1.55. The summed E-state index contributed by atoms with van der Waals surface area (Å²) < 4.78 is 26.0. The van der Waals surface area contributed by atoms with Gasteiger partial charge in [-0.25, -0.2) is 8.42 Å². The summed E-state index contributed by atoms with van der Waals surface area (Å²) in [4.78, 5) is 14.1. The summed E-state index contributed by atoms with van der Waals surface area (Å²) in [5.41, 5.74) is 1.49. The Balaban J connectivity index is 1.89. The molecule has 23 heavy (non-hydrogen) atoms. The molecule has 1 aliphatic rings. The number of nitrogens with one attached hydrogen (secondary N) is 1. The van der Waals surface area contributed by atoms with Crippen molar-refractivity contribution < 1.29 is 13.2 Å². The second-order valence-electron chi connectivity index (χ2n) is 5.78. The third-order valence-electron chi connectivity index (χ3n) is 3.92. The third-order valence-corrected chi connectivity index (χ3v) is 6.02. The van der Waals surface area contributed by atoms with Crippen molar-refractivity contribution in [3.05, 3.63) is 28.8 Å². The minimum absolute atomic E-state index is 0.0688. The molecule has 1 aromatic carbocycles. The fourth-order valence-corrected chi connectivity index (χ4v) is 3.95. The van der Waals surface area contributed by atoms with Crippen molar-refractivity contribution in [2.45, 2.75) is 13.3 Å². The van der Waals surface area contributed by atoms with E-state index in [1.807, 2.05) is 14.0 Å². The van der Waals surface area contributed by atoms with E-state index in [0.717, 1.165) is 5.56 Å². The van der Waals surface area contributed by atoms with E-state index in [9.17, 15) is 13.2 Å². The van der Waals surface area contributed by atoms with Gasteiger partial charge in [0.25, 0.3) is 0 Å². The van der Waals surface area contributed by atoms with Crippen molar-refractivity contribution >= 4 is 33.2 Å². The minimum atomic E-state index is -3.39. The lowest BCUT2D eigenvalue weighted by Crippen LogP contribution is -2.48. The van der Waals surface area contributed by atoms with Gasteiger partial charge in [0.05, 0.1) is 5.75 Å². The van der Waals surface area contributed by atoms with Gasteiger partial charge in [-0.05, 0) is 31.7 Å². The van der Waals surface area contributed by atoms with Crippen molar-refractivity contribution in [1.82, 2.24) is 9.21 Å². The van der Waals surface area contributed by atoms with Crippen LogP contribution in [-0.4, -0.2) is 62.5 Å². The van der Waals surface area contributed by atoms with Crippen LogP contribution in [0.4, 0.5) is 5.69 Å². The Morgan fingerprint density at radius 3 is 2.57 bits per heavy atom. The molecule has 0 aromatic heterocycles. The Labute approximate surface area is 142 Å². The van der Waals surface area contributed by atoms with Crippen LogP contribution in [0.1, 0.15) is 12.0 Å². The van der Waals surface area contributed by atoms with Crippen molar-refractivity contribution in [1.29, 1.82) is 0 Å². The van der Waals surface area contributed by atoms with Crippen LogP contribution in [0.2, 0.25) is 5.02 Å². The molecule has 1 saturated heterocycles. The van der Waals surface area contributed by atoms with E-state index in [4.69, 9.17) is 11.6 Å². The van der Waals surface area contributed by atoms with Crippen LogP contribution < -0.4 is 5.32 Å². The Kier molecular flexibility index (Phi) is 6.02. The molecule has 0 spiro atoms. The first kappa shape index (κ1) is 18.2. The molecule has 1 fully saturated rings. The third kappa shape index (κ3) is 5.17. The molecule has 1 heterocycles. The maximum Gasteiger partial charge on any atom is 0.225 e. The topological polar surface area (TPSA) is 69.7 Å². The molecular weight excluding hydrogens is 338 g/mol. The fourth-order valence-electron chi connectivity index (χ4n) is 2.36. The molecular formula is C15H22ClN3O3S. The van der Waals surface area contributed by atoms with Crippen molar-refractivity contribution in [2.75, 3.05) is 44.3 Å². The molecule has 0 aliphatic carbocycles. The van der Waals surface area contributed by atoms with E-state index >= 15 is 0 Å². The van der Waals surface area contributed by atoms with Gasteiger partial charge in [-0.1, -0.05) is 17.7 Å². The second kappa shape index (κ2) is 7.61. The number of hydrogen-bond donors (Lipinski definition) is 1. The van der Waals surface area contributed by atoms with Crippen LogP contribution in [0.15, 0.2) is 18.2 Å². The first-order valence-electron chi connectivity index (χ1n) is 7.50. The number of piperazine rings is 1. The molecule has 0 saturated carbocycles. The number of halogens is 1. The lowest BCUT2D eigenvalue weighted by molar-refractivity contribution is -0.115. The van der Waals surface area contributed by atoms with Gasteiger partial charge in [-0.15, -0.1) is 0 Å². The summed E-state index contributed by atoms with van der Waals surface area (Å²) >= 11 is 5.91. The SMILES string of the molecule is Cc1ccc(Cl)cc1NC(=O)CCS(=O)(=O)N1CCN(C)CC1. The first-order valence-corrected chi connectivity index (χ1v) is 9.49. The highest BCUT2D eigenvalue weighted by molar-refractivity contribution is 7.89. The highest BCUT2D eigenvalue weighted by Crippen LogP contribution is 2.20. The summed E-state index contributed by atoms with van der Waals surface area (Å²) in [6.45, 7) is 4.24. The predicted molar refractivity (Wildman–Crippen MR) is 92.3 cm³/mol. The molecule has 0 atom stereocenters. The standard InChI is InChI=1S/C15H22ClN3O3S/c1-12-3-4-13(16)11-14(12)17-15(20)5-10-23(21,22)19-8-6-18(2)7-9-19/h3-4,11H,5-10H2,1-2H3,(H,17,20).